The van der Waals surface area contributed by atoms with Gasteiger partial charge in [0.25, 0.3) is 0 Å². The molecule has 0 spiro atoms. The number of piperidine rings is 1. The highest BCUT2D eigenvalue weighted by Gasteiger charge is 2.30. The molecule has 7 heteroatoms. The zero-order valence-electron chi connectivity index (χ0n) is 20.9. The highest BCUT2D eigenvalue weighted by molar-refractivity contribution is 5.95. The molecule has 1 N–H and O–H groups in total. The quantitative estimate of drug-likeness (QED) is 0.438. The minimum absolute atomic E-state index is 0.0704. The summed E-state index contributed by atoms with van der Waals surface area (Å²) in [5.41, 5.74) is 6.96. The van der Waals surface area contributed by atoms with E-state index >= 15 is 0 Å². The number of fused-ring (bicyclic) bond motifs is 1. The number of rotatable bonds is 5. The first kappa shape index (κ1) is 23.0. The second-order valence-electron chi connectivity index (χ2n) is 9.40. The number of carbonyl (C=O) groups is 1. The van der Waals surface area contributed by atoms with Gasteiger partial charge in [-0.25, -0.2) is 4.68 Å². The van der Waals surface area contributed by atoms with E-state index in [2.05, 4.69) is 40.3 Å². The van der Waals surface area contributed by atoms with Crippen molar-refractivity contribution in [3.63, 3.8) is 0 Å². The van der Waals surface area contributed by atoms with Gasteiger partial charge in [0.05, 0.1) is 28.4 Å². The molecule has 0 radical (unpaired) electrons. The van der Waals surface area contributed by atoms with E-state index in [0.717, 1.165) is 70.9 Å². The van der Waals surface area contributed by atoms with Crippen LogP contribution < -0.4 is 10.2 Å². The molecular weight excluding hydrogens is 436 g/mol. The van der Waals surface area contributed by atoms with E-state index < -0.39 is 0 Å². The summed E-state index contributed by atoms with van der Waals surface area (Å²) in [4.78, 5) is 15.5. The summed E-state index contributed by atoms with van der Waals surface area (Å²) in [5.74, 6) is 0.704. The Kier molecular flexibility index (Phi) is 6.24. The van der Waals surface area contributed by atoms with Crippen molar-refractivity contribution in [2.24, 2.45) is 5.92 Å². The lowest BCUT2D eigenvalue weighted by Crippen LogP contribution is -2.41. The maximum Gasteiger partial charge on any atom is 0.229 e. The van der Waals surface area contributed by atoms with Crippen LogP contribution in [0.1, 0.15) is 42.3 Å². The molecule has 0 saturated carbocycles. The molecule has 0 aliphatic carbocycles. The van der Waals surface area contributed by atoms with Crippen LogP contribution in [0.25, 0.3) is 16.6 Å². The molecule has 1 saturated heterocycles. The molecule has 1 amide bonds. The Morgan fingerprint density at radius 2 is 1.86 bits per heavy atom. The summed E-state index contributed by atoms with van der Waals surface area (Å²) in [6.07, 6.45) is 2.66. The lowest BCUT2D eigenvalue weighted by molar-refractivity contribution is -0.120. The largest absolute Gasteiger partial charge is 0.352 e. The third-order valence-corrected chi connectivity index (χ3v) is 7.07. The predicted octanol–water partition coefficient (Wildman–Crippen LogP) is 5.16. The van der Waals surface area contributed by atoms with Crippen LogP contribution in [-0.2, 0) is 11.2 Å². The van der Waals surface area contributed by atoms with E-state index in [-0.39, 0.29) is 11.8 Å². The molecule has 1 aliphatic rings. The van der Waals surface area contributed by atoms with Crippen molar-refractivity contribution in [1.29, 1.82) is 0 Å². The van der Waals surface area contributed by atoms with Gasteiger partial charge in [-0.2, -0.15) is 10.2 Å². The van der Waals surface area contributed by atoms with Gasteiger partial charge in [-0.3, -0.25) is 4.79 Å². The topological polar surface area (TPSA) is 75.9 Å². The number of nitrogens with zero attached hydrogens (tertiary/aromatic N) is 5. The summed E-state index contributed by atoms with van der Waals surface area (Å²) in [6.45, 7) is 9.64. The standard InChI is InChI=1S/C28H32N6O/c1-5-21-12-9-11-18(2)25(21)29-28(35)22-13-10-16-33(17-22)27-26-24(19(3)30-31-27)20(4)34(32-26)23-14-7-6-8-15-23/h6-9,11-12,14-15,22H,5,10,13,16-17H2,1-4H3,(H,29,35)/t22-/m1/s1. The van der Waals surface area contributed by atoms with Gasteiger partial charge in [0.1, 0.15) is 5.52 Å². The van der Waals surface area contributed by atoms with Crippen molar-refractivity contribution in [1.82, 2.24) is 20.0 Å². The Morgan fingerprint density at radius 1 is 1.06 bits per heavy atom. The van der Waals surface area contributed by atoms with Gasteiger partial charge in [0.2, 0.25) is 5.91 Å². The minimum Gasteiger partial charge on any atom is -0.352 e. The lowest BCUT2D eigenvalue weighted by atomic mass is 9.96. The number of carbonyl (C=O) groups excluding carboxylic acids is 1. The molecular formula is C28H32N6O. The van der Waals surface area contributed by atoms with Crippen molar-refractivity contribution in [2.45, 2.75) is 47.0 Å². The minimum atomic E-state index is -0.122. The van der Waals surface area contributed by atoms with Crippen LogP contribution >= 0.6 is 0 Å². The Morgan fingerprint density at radius 3 is 2.63 bits per heavy atom. The summed E-state index contributed by atoms with van der Waals surface area (Å²) in [5, 5.41) is 18.3. The average Bonchev–Trinajstić information content (AvgIpc) is 3.24. The SMILES string of the molecule is CCc1cccc(C)c1NC(=O)[C@@H]1CCCN(c2nnc(C)c3c(C)n(-c4ccccc4)nc23)C1. The second-order valence-corrected chi connectivity index (χ2v) is 9.40. The number of aromatic nitrogens is 4. The number of para-hydroxylation sites is 2. The Balaban J connectivity index is 1.45. The molecule has 1 atom stereocenters. The highest BCUT2D eigenvalue weighted by Crippen LogP contribution is 2.32. The third-order valence-electron chi connectivity index (χ3n) is 7.07. The van der Waals surface area contributed by atoms with Crippen LogP contribution in [0.3, 0.4) is 0 Å². The molecule has 2 aromatic heterocycles. The Bertz CT molecular complexity index is 1380. The first-order valence-electron chi connectivity index (χ1n) is 12.4. The first-order chi connectivity index (χ1) is 17.0. The Labute approximate surface area is 206 Å². The number of hydrogen-bond acceptors (Lipinski definition) is 5. The molecule has 35 heavy (non-hydrogen) atoms. The van der Waals surface area contributed by atoms with E-state index in [4.69, 9.17) is 5.10 Å². The molecule has 3 heterocycles. The Hall–Kier alpha value is -3.74. The van der Waals surface area contributed by atoms with Gasteiger partial charge in [-0.15, -0.1) is 5.10 Å². The van der Waals surface area contributed by atoms with E-state index in [1.807, 2.05) is 61.0 Å². The number of nitrogens with one attached hydrogen (secondary N) is 1. The molecule has 7 nitrogen and oxygen atoms in total. The maximum absolute atomic E-state index is 13.3. The molecule has 1 aliphatic heterocycles. The van der Waals surface area contributed by atoms with Crippen LogP contribution in [0.4, 0.5) is 11.5 Å². The van der Waals surface area contributed by atoms with Crippen molar-refractivity contribution < 1.29 is 4.79 Å². The molecule has 0 unspecified atom stereocenters. The number of amides is 1. The smallest absolute Gasteiger partial charge is 0.229 e. The van der Waals surface area contributed by atoms with Crippen LogP contribution in [-0.4, -0.2) is 39.0 Å². The van der Waals surface area contributed by atoms with Gasteiger partial charge in [0, 0.05) is 18.8 Å². The fourth-order valence-electron chi connectivity index (χ4n) is 5.16. The normalized spacial score (nSPS) is 16.0. The van der Waals surface area contributed by atoms with Crippen molar-refractivity contribution in [3.05, 3.63) is 71.0 Å². The van der Waals surface area contributed by atoms with Crippen LogP contribution in [0.2, 0.25) is 0 Å². The number of benzene rings is 2. The van der Waals surface area contributed by atoms with E-state index in [1.54, 1.807) is 0 Å². The fourth-order valence-corrected chi connectivity index (χ4v) is 5.16. The van der Waals surface area contributed by atoms with Gasteiger partial charge in [0.15, 0.2) is 5.82 Å². The van der Waals surface area contributed by atoms with Crippen LogP contribution in [0.5, 0.6) is 0 Å². The van der Waals surface area contributed by atoms with Crippen LogP contribution in [0, 0.1) is 26.7 Å². The molecule has 4 aromatic rings. The van der Waals surface area contributed by atoms with Crippen molar-refractivity contribution >= 4 is 28.3 Å². The molecule has 0 bridgehead atoms. The lowest BCUT2D eigenvalue weighted by Gasteiger charge is -2.33. The number of anilines is 2. The summed E-state index contributed by atoms with van der Waals surface area (Å²) >= 11 is 0. The summed E-state index contributed by atoms with van der Waals surface area (Å²) < 4.78 is 1.96. The molecule has 5 rings (SSSR count). The van der Waals surface area contributed by atoms with Gasteiger partial charge in [-0.05, 0) is 63.3 Å². The third kappa shape index (κ3) is 4.27. The first-order valence-corrected chi connectivity index (χ1v) is 12.4. The predicted molar refractivity (Wildman–Crippen MR) is 140 cm³/mol. The van der Waals surface area contributed by atoms with Crippen molar-refractivity contribution in [2.75, 3.05) is 23.3 Å². The van der Waals surface area contributed by atoms with Gasteiger partial charge >= 0.3 is 0 Å². The maximum atomic E-state index is 13.3. The van der Waals surface area contributed by atoms with E-state index in [1.165, 1.54) is 5.56 Å². The van der Waals surface area contributed by atoms with Crippen LogP contribution in [0.15, 0.2) is 48.5 Å². The monoisotopic (exact) mass is 468 g/mol. The zero-order valence-corrected chi connectivity index (χ0v) is 20.9. The molecule has 180 valence electrons. The summed E-state index contributed by atoms with van der Waals surface area (Å²) in [7, 11) is 0. The fraction of sp³-hybridized carbons (Fsp3) is 0.357. The second kappa shape index (κ2) is 9.49. The average molecular weight is 469 g/mol. The number of hydrogen-bond donors (Lipinski definition) is 1. The van der Waals surface area contributed by atoms with Gasteiger partial charge in [-0.1, -0.05) is 43.3 Å². The molecule has 2 aromatic carbocycles. The van der Waals surface area contributed by atoms with Gasteiger partial charge < -0.3 is 10.2 Å². The van der Waals surface area contributed by atoms with Crippen molar-refractivity contribution in [3.8, 4) is 5.69 Å². The summed E-state index contributed by atoms with van der Waals surface area (Å²) in [6, 6.07) is 16.3. The van der Waals surface area contributed by atoms with E-state index in [0.29, 0.717) is 6.54 Å². The highest BCUT2D eigenvalue weighted by atomic mass is 16.1. The van der Waals surface area contributed by atoms with E-state index in [9.17, 15) is 4.79 Å². The zero-order chi connectivity index (χ0) is 24.5. The number of aryl methyl sites for hydroxylation is 4. The molecule has 1 fully saturated rings.